The van der Waals surface area contributed by atoms with Gasteiger partial charge in [-0.15, -0.1) is 0 Å². The van der Waals surface area contributed by atoms with E-state index in [1.165, 1.54) is 0 Å². The zero-order valence-electron chi connectivity index (χ0n) is 9.91. The van der Waals surface area contributed by atoms with Crippen molar-refractivity contribution in [1.29, 1.82) is 0 Å². The van der Waals surface area contributed by atoms with Gasteiger partial charge in [0.2, 0.25) is 0 Å². The second-order valence-electron chi connectivity index (χ2n) is 4.20. The number of nitrogens with zero attached hydrogens (tertiary/aromatic N) is 1. The van der Waals surface area contributed by atoms with Gasteiger partial charge in [-0.3, -0.25) is 4.79 Å². The van der Waals surface area contributed by atoms with Crippen LogP contribution in [0.2, 0.25) is 5.02 Å². The molecule has 5 heteroatoms. The molecule has 2 rings (SSSR count). The molecule has 1 fully saturated rings. The van der Waals surface area contributed by atoms with E-state index in [4.69, 9.17) is 16.3 Å². The monoisotopic (exact) mass is 256 g/mol. The molecule has 1 aliphatic heterocycles. The summed E-state index contributed by atoms with van der Waals surface area (Å²) in [5.74, 6) is 0.00121. The number of hydrogen-bond acceptors (Lipinski definition) is 2. The highest BCUT2D eigenvalue weighted by Gasteiger charge is 2.25. The van der Waals surface area contributed by atoms with Crippen molar-refractivity contribution in [2.24, 2.45) is 0 Å². The van der Waals surface area contributed by atoms with Crippen molar-refractivity contribution in [2.45, 2.75) is 25.9 Å². The van der Waals surface area contributed by atoms with Crippen LogP contribution in [0.25, 0.3) is 0 Å². The topological polar surface area (TPSA) is 45.3 Å². The van der Waals surface area contributed by atoms with Gasteiger partial charge in [-0.2, -0.15) is 0 Å². The number of piperidine rings is 1. The Balaban J connectivity index is 1.99. The Morgan fingerprint density at radius 2 is 2.53 bits per heavy atom. The van der Waals surface area contributed by atoms with Gasteiger partial charge in [-0.05, 0) is 25.8 Å². The molecule has 0 spiro atoms. The third-order valence-electron chi connectivity index (χ3n) is 2.95. The molecule has 1 aliphatic rings. The fraction of sp³-hybridized carbons (Fsp3) is 0.583. The summed E-state index contributed by atoms with van der Waals surface area (Å²) in [5.41, 5.74) is 0.548. The number of ether oxygens (including phenoxy) is 1. The second kappa shape index (κ2) is 5.56. The first-order chi connectivity index (χ1) is 8.20. The molecule has 0 unspecified atom stereocenters. The number of aromatic amines is 1. The van der Waals surface area contributed by atoms with Gasteiger partial charge in [-0.1, -0.05) is 11.6 Å². The van der Waals surface area contributed by atoms with Crippen LogP contribution < -0.4 is 0 Å². The van der Waals surface area contributed by atoms with Crippen LogP contribution >= 0.6 is 11.6 Å². The molecule has 1 N–H and O–H groups in total. The normalized spacial score (nSPS) is 20.6. The zero-order chi connectivity index (χ0) is 12.3. The summed E-state index contributed by atoms with van der Waals surface area (Å²) in [6.45, 7) is 4.13. The molecule has 1 atom stereocenters. The van der Waals surface area contributed by atoms with Crippen molar-refractivity contribution >= 4 is 17.5 Å². The largest absolute Gasteiger partial charge is 0.377 e. The third-order valence-corrected chi connectivity index (χ3v) is 3.16. The van der Waals surface area contributed by atoms with E-state index in [0.29, 0.717) is 23.9 Å². The molecule has 1 amide bonds. The molecule has 94 valence electrons. The SMILES string of the molecule is CCO[C@H]1CCCN(C(=O)c2cc(Cl)c[nH]2)C1. The van der Waals surface area contributed by atoms with Crippen LogP contribution in [0.4, 0.5) is 0 Å². The number of halogens is 1. The smallest absolute Gasteiger partial charge is 0.270 e. The van der Waals surface area contributed by atoms with E-state index in [1.54, 1.807) is 12.3 Å². The number of hydrogen-bond donors (Lipinski definition) is 1. The number of rotatable bonds is 3. The van der Waals surface area contributed by atoms with Crippen LogP contribution in [-0.4, -0.2) is 41.6 Å². The van der Waals surface area contributed by atoms with Gasteiger partial charge >= 0.3 is 0 Å². The molecule has 0 aliphatic carbocycles. The van der Waals surface area contributed by atoms with Crippen molar-refractivity contribution in [1.82, 2.24) is 9.88 Å². The van der Waals surface area contributed by atoms with Gasteiger partial charge < -0.3 is 14.6 Å². The Hall–Kier alpha value is -1.00. The number of amides is 1. The maximum absolute atomic E-state index is 12.1. The van der Waals surface area contributed by atoms with Gasteiger partial charge in [0.15, 0.2) is 0 Å². The lowest BCUT2D eigenvalue weighted by Crippen LogP contribution is -2.43. The molecule has 0 bridgehead atoms. The van der Waals surface area contributed by atoms with Crippen molar-refractivity contribution < 1.29 is 9.53 Å². The maximum atomic E-state index is 12.1. The number of carbonyl (C=O) groups excluding carboxylic acids is 1. The zero-order valence-corrected chi connectivity index (χ0v) is 10.7. The van der Waals surface area contributed by atoms with Gasteiger partial charge in [-0.25, -0.2) is 0 Å². The predicted octanol–water partition coefficient (Wildman–Crippen LogP) is 2.31. The molecule has 17 heavy (non-hydrogen) atoms. The van der Waals surface area contributed by atoms with Gasteiger partial charge in [0.1, 0.15) is 5.69 Å². The lowest BCUT2D eigenvalue weighted by atomic mass is 10.1. The van der Waals surface area contributed by atoms with Crippen molar-refractivity contribution in [2.75, 3.05) is 19.7 Å². The predicted molar refractivity (Wildman–Crippen MR) is 66.4 cm³/mol. The van der Waals surface area contributed by atoms with Crippen LogP contribution in [0.15, 0.2) is 12.3 Å². The van der Waals surface area contributed by atoms with Crippen LogP contribution in [0.1, 0.15) is 30.3 Å². The van der Waals surface area contributed by atoms with Crippen molar-refractivity contribution in [3.05, 3.63) is 23.0 Å². The standard InChI is InChI=1S/C12H17ClN2O2/c1-2-17-10-4-3-5-15(8-10)12(16)11-6-9(13)7-14-11/h6-7,10,14H,2-5,8H2,1H3/t10-/m0/s1. The Kier molecular flexibility index (Phi) is 4.07. The second-order valence-corrected chi connectivity index (χ2v) is 4.64. The average Bonchev–Trinajstić information content (AvgIpc) is 2.76. The minimum absolute atomic E-state index is 0.00121. The van der Waals surface area contributed by atoms with E-state index in [0.717, 1.165) is 19.4 Å². The molecular weight excluding hydrogens is 240 g/mol. The fourth-order valence-corrected chi connectivity index (χ4v) is 2.32. The minimum Gasteiger partial charge on any atom is -0.377 e. The van der Waals surface area contributed by atoms with E-state index in [1.807, 2.05) is 11.8 Å². The average molecular weight is 257 g/mol. The van der Waals surface area contributed by atoms with Crippen LogP contribution in [0.5, 0.6) is 0 Å². The van der Waals surface area contributed by atoms with Gasteiger partial charge in [0.25, 0.3) is 5.91 Å². The summed E-state index contributed by atoms with van der Waals surface area (Å²) in [6, 6.07) is 1.66. The highest BCUT2D eigenvalue weighted by molar-refractivity contribution is 6.30. The summed E-state index contributed by atoms with van der Waals surface area (Å²) < 4.78 is 5.57. The van der Waals surface area contributed by atoms with Crippen LogP contribution in [0, 0.1) is 0 Å². The van der Waals surface area contributed by atoms with Crippen LogP contribution in [-0.2, 0) is 4.74 Å². The highest BCUT2D eigenvalue weighted by atomic mass is 35.5. The lowest BCUT2D eigenvalue weighted by Gasteiger charge is -2.32. The summed E-state index contributed by atoms with van der Waals surface area (Å²) in [7, 11) is 0. The Morgan fingerprint density at radius 1 is 1.71 bits per heavy atom. The molecular formula is C12H17ClN2O2. The Bertz CT molecular complexity index is 390. The molecule has 0 aromatic carbocycles. The summed E-state index contributed by atoms with van der Waals surface area (Å²) in [5, 5.41) is 0.562. The third kappa shape index (κ3) is 3.01. The van der Waals surface area contributed by atoms with Crippen molar-refractivity contribution in [3.63, 3.8) is 0 Å². The maximum Gasteiger partial charge on any atom is 0.270 e. The first-order valence-electron chi connectivity index (χ1n) is 5.95. The Morgan fingerprint density at radius 3 is 3.18 bits per heavy atom. The minimum atomic E-state index is 0.00121. The first-order valence-corrected chi connectivity index (χ1v) is 6.33. The van der Waals surface area contributed by atoms with Gasteiger partial charge in [0.05, 0.1) is 11.1 Å². The van der Waals surface area contributed by atoms with Crippen molar-refractivity contribution in [3.8, 4) is 0 Å². The number of nitrogens with one attached hydrogen (secondary N) is 1. The Labute approximate surface area is 106 Å². The first kappa shape index (κ1) is 12.5. The number of H-pyrrole nitrogens is 1. The quantitative estimate of drug-likeness (QED) is 0.902. The van der Waals surface area contributed by atoms with E-state index in [-0.39, 0.29) is 12.0 Å². The summed E-state index contributed by atoms with van der Waals surface area (Å²) >= 11 is 5.80. The number of carbonyl (C=O) groups is 1. The van der Waals surface area contributed by atoms with E-state index in [2.05, 4.69) is 4.98 Å². The molecule has 2 heterocycles. The molecule has 1 saturated heterocycles. The lowest BCUT2D eigenvalue weighted by molar-refractivity contribution is 0.00706. The summed E-state index contributed by atoms with van der Waals surface area (Å²) in [4.78, 5) is 16.9. The molecule has 0 radical (unpaired) electrons. The molecule has 1 aromatic rings. The molecule has 1 aromatic heterocycles. The number of likely N-dealkylation sites (tertiary alicyclic amines) is 1. The van der Waals surface area contributed by atoms with E-state index >= 15 is 0 Å². The number of aromatic nitrogens is 1. The summed E-state index contributed by atoms with van der Waals surface area (Å²) in [6.07, 6.45) is 3.82. The van der Waals surface area contributed by atoms with Gasteiger partial charge in [0, 0.05) is 25.9 Å². The highest BCUT2D eigenvalue weighted by Crippen LogP contribution is 2.17. The van der Waals surface area contributed by atoms with E-state index < -0.39 is 0 Å². The van der Waals surface area contributed by atoms with Crippen LogP contribution in [0.3, 0.4) is 0 Å². The fourth-order valence-electron chi connectivity index (χ4n) is 2.16. The molecule has 0 saturated carbocycles. The van der Waals surface area contributed by atoms with E-state index in [9.17, 15) is 4.79 Å². The molecule has 4 nitrogen and oxygen atoms in total.